The average Bonchev–Trinajstić information content (AvgIpc) is 3.48. The van der Waals surface area contributed by atoms with E-state index in [1.807, 2.05) is 46.0 Å². The highest BCUT2D eigenvalue weighted by molar-refractivity contribution is 5.63. The zero-order valence-electron chi connectivity index (χ0n) is 17.4. The number of rotatable bonds is 8. The Hall–Kier alpha value is -2.80. The van der Waals surface area contributed by atoms with Gasteiger partial charge in [-0.1, -0.05) is 0 Å². The lowest BCUT2D eigenvalue weighted by Crippen LogP contribution is -2.25. The van der Waals surface area contributed by atoms with Crippen LogP contribution < -0.4 is 9.47 Å². The first-order valence-corrected chi connectivity index (χ1v) is 10.3. The van der Waals surface area contributed by atoms with Crippen molar-refractivity contribution in [2.75, 3.05) is 33.4 Å². The van der Waals surface area contributed by atoms with E-state index in [-0.39, 0.29) is 0 Å². The molecule has 0 unspecified atom stereocenters. The van der Waals surface area contributed by atoms with E-state index < -0.39 is 0 Å². The van der Waals surface area contributed by atoms with Crippen LogP contribution in [0.1, 0.15) is 32.7 Å². The highest BCUT2D eigenvalue weighted by atomic mass is 16.5. The summed E-state index contributed by atoms with van der Waals surface area (Å²) < 4.78 is 15.6. The zero-order chi connectivity index (χ0) is 20.2. The Morgan fingerprint density at radius 2 is 1.97 bits per heavy atom. The lowest BCUT2D eigenvalue weighted by Gasteiger charge is -2.16. The summed E-state index contributed by atoms with van der Waals surface area (Å²) in [7, 11) is 1.67. The molecular weight excluding hydrogens is 366 g/mol. The fourth-order valence-electron chi connectivity index (χ4n) is 3.68. The number of hydrogen-bond donors (Lipinski definition) is 0. The number of imidazole rings is 1. The number of hydrogen-bond acceptors (Lipinski definition) is 5. The molecule has 0 N–H and O–H groups in total. The second kappa shape index (κ2) is 8.69. The van der Waals surface area contributed by atoms with Gasteiger partial charge in [0.2, 0.25) is 0 Å². The molecule has 0 aliphatic carbocycles. The molecule has 0 radical (unpaired) electrons. The summed E-state index contributed by atoms with van der Waals surface area (Å²) in [5.74, 6) is 2.33. The number of ether oxygens (including phenoxy) is 2. The zero-order valence-corrected chi connectivity index (χ0v) is 17.4. The van der Waals surface area contributed by atoms with E-state index in [0.29, 0.717) is 12.6 Å². The topological polar surface area (TPSA) is 57.3 Å². The third-order valence-corrected chi connectivity index (χ3v) is 5.32. The van der Waals surface area contributed by atoms with Gasteiger partial charge in [0.15, 0.2) is 11.5 Å². The van der Waals surface area contributed by atoms with Crippen molar-refractivity contribution in [2.45, 2.75) is 32.7 Å². The summed E-state index contributed by atoms with van der Waals surface area (Å²) in [4.78, 5) is 7.00. The second-order valence-electron chi connectivity index (χ2n) is 7.66. The lowest BCUT2D eigenvalue weighted by molar-refractivity contribution is 0.230. The third-order valence-electron chi connectivity index (χ3n) is 5.32. The Labute approximate surface area is 171 Å². The van der Waals surface area contributed by atoms with Gasteiger partial charge in [0.05, 0.1) is 19.0 Å². The van der Waals surface area contributed by atoms with Crippen molar-refractivity contribution in [1.29, 1.82) is 0 Å². The van der Waals surface area contributed by atoms with Gasteiger partial charge in [0.1, 0.15) is 12.4 Å². The minimum atomic E-state index is 0.313. The number of nitrogens with zero attached hydrogens (tertiary/aromatic N) is 5. The van der Waals surface area contributed by atoms with E-state index in [2.05, 4.69) is 28.8 Å². The van der Waals surface area contributed by atoms with Crippen LogP contribution in [-0.4, -0.2) is 57.6 Å². The van der Waals surface area contributed by atoms with Gasteiger partial charge in [0, 0.05) is 36.7 Å². The molecule has 1 aromatic carbocycles. The third kappa shape index (κ3) is 4.29. The summed E-state index contributed by atoms with van der Waals surface area (Å²) >= 11 is 0. The van der Waals surface area contributed by atoms with Crippen LogP contribution in [0.3, 0.4) is 0 Å². The highest BCUT2D eigenvalue weighted by Gasteiger charge is 2.15. The van der Waals surface area contributed by atoms with Crippen molar-refractivity contribution >= 4 is 0 Å². The number of aromatic nitrogens is 4. The van der Waals surface area contributed by atoms with Crippen molar-refractivity contribution in [1.82, 2.24) is 24.2 Å². The van der Waals surface area contributed by atoms with Crippen molar-refractivity contribution in [2.24, 2.45) is 0 Å². The number of methoxy groups -OCH3 is 1. The Balaban J connectivity index is 1.52. The maximum absolute atomic E-state index is 6.00. The van der Waals surface area contributed by atoms with E-state index in [0.717, 1.165) is 35.1 Å². The van der Waals surface area contributed by atoms with Gasteiger partial charge < -0.3 is 9.47 Å². The summed E-state index contributed by atoms with van der Waals surface area (Å²) in [6.45, 7) is 8.19. The van der Waals surface area contributed by atoms with Gasteiger partial charge >= 0.3 is 0 Å². The summed E-state index contributed by atoms with van der Waals surface area (Å²) in [6.07, 6.45) is 10.2. The normalized spacial score (nSPS) is 14.6. The first-order valence-electron chi connectivity index (χ1n) is 10.3. The molecule has 7 heteroatoms. The standard InChI is InChI=1S/C22H29N5O2/c1-17(2)27-16-19(15-24-27)26-11-8-23-22(26)18-6-7-20(21(14-18)28-3)29-13-12-25-9-4-5-10-25/h6-8,11,14-17H,4-5,9-10,12-13H2,1-3H3. The van der Waals surface area contributed by atoms with E-state index >= 15 is 0 Å². The number of likely N-dealkylation sites (tertiary alicyclic amines) is 1. The molecule has 4 rings (SSSR count). The summed E-state index contributed by atoms with van der Waals surface area (Å²) in [5.41, 5.74) is 1.95. The van der Waals surface area contributed by atoms with Gasteiger partial charge in [-0.05, 0) is 58.0 Å². The molecule has 1 aliphatic rings. The Morgan fingerprint density at radius 1 is 1.14 bits per heavy atom. The molecule has 0 amide bonds. The smallest absolute Gasteiger partial charge is 0.161 e. The van der Waals surface area contributed by atoms with Gasteiger partial charge in [-0.15, -0.1) is 0 Å². The predicted molar refractivity (Wildman–Crippen MR) is 113 cm³/mol. The van der Waals surface area contributed by atoms with Crippen LogP contribution in [0.25, 0.3) is 17.1 Å². The molecule has 3 aromatic rings. The lowest BCUT2D eigenvalue weighted by atomic mass is 10.2. The number of benzene rings is 1. The predicted octanol–water partition coefficient (Wildman–Crippen LogP) is 3.80. The minimum absolute atomic E-state index is 0.313. The summed E-state index contributed by atoms with van der Waals surface area (Å²) in [5, 5.41) is 4.44. The molecule has 154 valence electrons. The largest absolute Gasteiger partial charge is 0.493 e. The molecule has 1 saturated heterocycles. The van der Waals surface area contributed by atoms with Crippen LogP contribution in [0.4, 0.5) is 0 Å². The van der Waals surface area contributed by atoms with Gasteiger partial charge in [-0.25, -0.2) is 4.98 Å². The summed E-state index contributed by atoms with van der Waals surface area (Å²) in [6, 6.07) is 6.29. The molecule has 7 nitrogen and oxygen atoms in total. The van der Waals surface area contributed by atoms with Crippen LogP contribution in [-0.2, 0) is 0 Å². The molecule has 1 fully saturated rings. The quantitative estimate of drug-likeness (QED) is 0.581. The molecule has 0 saturated carbocycles. The van der Waals surface area contributed by atoms with E-state index in [4.69, 9.17) is 9.47 Å². The highest BCUT2D eigenvalue weighted by Crippen LogP contribution is 2.33. The Morgan fingerprint density at radius 3 is 2.69 bits per heavy atom. The van der Waals surface area contributed by atoms with Gasteiger partial charge in [0.25, 0.3) is 0 Å². The van der Waals surface area contributed by atoms with Crippen LogP contribution in [0.15, 0.2) is 43.0 Å². The molecule has 3 heterocycles. The molecule has 0 spiro atoms. The van der Waals surface area contributed by atoms with Crippen LogP contribution in [0.2, 0.25) is 0 Å². The first-order chi connectivity index (χ1) is 14.2. The van der Waals surface area contributed by atoms with Gasteiger partial charge in [-0.2, -0.15) is 5.10 Å². The molecule has 29 heavy (non-hydrogen) atoms. The van der Waals surface area contributed by atoms with E-state index in [9.17, 15) is 0 Å². The van der Waals surface area contributed by atoms with Crippen molar-refractivity contribution in [3.05, 3.63) is 43.0 Å². The SMILES string of the molecule is COc1cc(-c2nccn2-c2cnn(C(C)C)c2)ccc1OCCN1CCCC1. The van der Waals surface area contributed by atoms with Crippen molar-refractivity contribution in [3.63, 3.8) is 0 Å². The minimum Gasteiger partial charge on any atom is -0.493 e. The van der Waals surface area contributed by atoms with Crippen LogP contribution in [0, 0.1) is 0 Å². The van der Waals surface area contributed by atoms with Crippen molar-refractivity contribution in [3.8, 4) is 28.6 Å². The fourth-order valence-corrected chi connectivity index (χ4v) is 3.68. The molecule has 1 aliphatic heterocycles. The van der Waals surface area contributed by atoms with Crippen LogP contribution >= 0.6 is 0 Å². The molecule has 0 atom stereocenters. The Bertz CT molecular complexity index is 940. The average molecular weight is 396 g/mol. The molecule has 2 aromatic heterocycles. The monoisotopic (exact) mass is 395 g/mol. The second-order valence-corrected chi connectivity index (χ2v) is 7.66. The van der Waals surface area contributed by atoms with Gasteiger partial charge in [-0.3, -0.25) is 14.1 Å². The fraction of sp³-hybridized carbons (Fsp3) is 0.455. The van der Waals surface area contributed by atoms with Crippen LogP contribution in [0.5, 0.6) is 11.5 Å². The van der Waals surface area contributed by atoms with Crippen molar-refractivity contribution < 1.29 is 9.47 Å². The van der Waals surface area contributed by atoms with E-state index in [1.165, 1.54) is 25.9 Å². The molecule has 0 bridgehead atoms. The van der Waals surface area contributed by atoms with E-state index in [1.54, 1.807) is 13.3 Å². The Kier molecular flexibility index (Phi) is 5.85. The molecular formula is C22H29N5O2. The maximum Gasteiger partial charge on any atom is 0.161 e. The maximum atomic E-state index is 6.00. The first kappa shape index (κ1) is 19.5.